The first-order chi connectivity index (χ1) is 11.0. The molecule has 0 unspecified atom stereocenters. The first-order valence-corrected chi connectivity index (χ1v) is 8.09. The molecule has 0 aromatic rings. The van der Waals surface area contributed by atoms with E-state index in [1.165, 1.54) is 0 Å². The fourth-order valence-electron chi connectivity index (χ4n) is 1.88. The Morgan fingerprint density at radius 1 is 1.21 bits per heavy atom. The van der Waals surface area contributed by atoms with Crippen molar-refractivity contribution in [1.29, 1.82) is 0 Å². The van der Waals surface area contributed by atoms with E-state index < -0.39 is 35.5 Å². The molecular formula is C14H25N3O6S. The molecule has 24 heavy (non-hydrogen) atoms. The van der Waals surface area contributed by atoms with Gasteiger partial charge in [-0.15, -0.1) is 0 Å². The van der Waals surface area contributed by atoms with Gasteiger partial charge in [0.15, 0.2) is 0 Å². The Hall–Kier alpha value is -1.65. The summed E-state index contributed by atoms with van der Waals surface area (Å²) < 4.78 is 0. The van der Waals surface area contributed by atoms with E-state index in [4.69, 9.17) is 21.7 Å². The van der Waals surface area contributed by atoms with E-state index >= 15 is 0 Å². The highest BCUT2D eigenvalue weighted by Gasteiger charge is 2.46. The molecule has 2 atom stereocenters. The van der Waals surface area contributed by atoms with Crippen LogP contribution in [0.4, 0.5) is 0 Å². The van der Waals surface area contributed by atoms with Crippen LogP contribution in [0.1, 0.15) is 39.5 Å². The van der Waals surface area contributed by atoms with Crippen molar-refractivity contribution in [3.63, 3.8) is 0 Å². The molecule has 1 fully saturated rings. The number of carbonyl (C=O) groups excluding carboxylic acids is 2. The summed E-state index contributed by atoms with van der Waals surface area (Å²) in [7, 11) is 0. The normalized spacial score (nSPS) is 19.0. The molecule has 0 spiro atoms. The molecular weight excluding hydrogens is 338 g/mol. The summed E-state index contributed by atoms with van der Waals surface area (Å²) in [6.07, 6.45) is 1.43. The standard InChI is InChI=1S/C9H14N2O4S.C5H11NO2/c10-9(5-16,8(14)15)11-6(12)3-1-2-4-7(11)13;1-3(2)4(6)5(7)8/h16H,1-5,10H2,(H,14,15);3-4H,6H2,1-2H3,(H,7,8)/t9-;4-/m00/s1. The number of amides is 2. The van der Waals surface area contributed by atoms with Gasteiger partial charge < -0.3 is 15.9 Å². The molecule has 0 aromatic heterocycles. The van der Waals surface area contributed by atoms with Gasteiger partial charge >= 0.3 is 11.9 Å². The van der Waals surface area contributed by atoms with Crippen LogP contribution in [-0.2, 0) is 19.2 Å². The van der Waals surface area contributed by atoms with Crippen molar-refractivity contribution in [3.05, 3.63) is 0 Å². The number of thiol groups is 1. The number of hydrogen-bond acceptors (Lipinski definition) is 7. The maximum absolute atomic E-state index is 11.7. The lowest BCUT2D eigenvalue weighted by Gasteiger charge is -2.33. The van der Waals surface area contributed by atoms with Gasteiger partial charge in [0.2, 0.25) is 17.5 Å². The van der Waals surface area contributed by atoms with Crippen LogP contribution in [0.25, 0.3) is 0 Å². The molecule has 1 aliphatic heterocycles. The van der Waals surface area contributed by atoms with Crippen LogP contribution in [-0.4, -0.2) is 56.3 Å². The minimum Gasteiger partial charge on any atom is -0.480 e. The minimum absolute atomic E-state index is 0.0208. The molecule has 0 aromatic carbocycles. The highest BCUT2D eigenvalue weighted by molar-refractivity contribution is 7.80. The molecule has 1 aliphatic rings. The third-order valence-corrected chi connectivity index (χ3v) is 4.03. The summed E-state index contributed by atoms with van der Waals surface area (Å²) >= 11 is 3.82. The van der Waals surface area contributed by atoms with Gasteiger partial charge in [0.05, 0.1) is 0 Å². The van der Waals surface area contributed by atoms with E-state index in [2.05, 4.69) is 12.6 Å². The van der Waals surface area contributed by atoms with Crippen LogP contribution in [0.3, 0.4) is 0 Å². The van der Waals surface area contributed by atoms with Crippen molar-refractivity contribution < 1.29 is 29.4 Å². The lowest BCUT2D eigenvalue weighted by atomic mass is 10.1. The zero-order chi connectivity index (χ0) is 19.1. The molecule has 0 aliphatic carbocycles. The van der Waals surface area contributed by atoms with Crippen LogP contribution >= 0.6 is 12.6 Å². The van der Waals surface area contributed by atoms with Crippen molar-refractivity contribution in [1.82, 2.24) is 4.90 Å². The number of imide groups is 1. The van der Waals surface area contributed by atoms with Crippen LogP contribution in [0.2, 0.25) is 0 Å². The highest BCUT2D eigenvalue weighted by Crippen LogP contribution is 2.20. The zero-order valence-electron chi connectivity index (χ0n) is 13.8. The SMILES string of the molecule is CC(C)[C@H](N)C(=O)O.N[C@](CS)(C(=O)O)N1C(=O)CCCCC1=O. The van der Waals surface area contributed by atoms with Crippen molar-refractivity contribution in [2.45, 2.75) is 51.2 Å². The third kappa shape index (κ3) is 5.77. The topological polar surface area (TPSA) is 164 Å². The van der Waals surface area contributed by atoms with Crippen molar-refractivity contribution in [2.24, 2.45) is 17.4 Å². The molecule has 1 saturated heterocycles. The van der Waals surface area contributed by atoms with E-state index in [9.17, 15) is 19.2 Å². The van der Waals surface area contributed by atoms with Gasteiger partial charge in [0.1, 0.15) is 6.04 Å². The van der Waals surface area contributed by atoms with Gasteiger partial charge in [-0.25, -0.2) is 4.79 Å². The lowest BCUT2D eigenvalue weighted by molar-refractivity contribution is -0.164. The minimum atomic E-state index is -2.04. The molecule has 2 amide bonds. The average molecular weight is 363 g/mol. The molecule has 0 saturated carbocycles. The summed E-state index contributed by atoms with van der Waals surface area (Å²) in [5.74, 6) is -3.72. The zero-order valence-corrected chi connectivity index (χ0v) is 14.7. The van der Waals surface area contributed by atoms with Gasteiger partial charge in [-0.2, -0.15) is 12.6 Å². The van der Waals surface area contributed by atoms with E-state index in [1.807, 2.05) is 0 Å². The van der Waals surface area contributed by atoms with Gasteiger partial charge in [-0.05, 0) is 18.8 Å². The smallest absolute Gasteiger partial charge is 0.346 e. The van der Waals surface area contributed by atoms with Crippen LogP contribution < -0.4 is 11.5 Å². The fraction of sp³-hybridized carbons (Fsp3) is 0.714. The quantitative estimate of drug-likeness (QED) is 0.326. The summed E-state index contributed by atoms with van der Waals surface area (Å²) in [5, 5.41) is 17.2. The molecule has 138 valence electrons. The molecule has 0 bridgehead atoms. The summed E-state index contributed by atoms with van der Waals surface area (Å²) in [6.45, 7) is 3.55. The van der Waals surface area contributed by atoms with Crippen molar-refractivity contribution in [3.8, 4) is 0 Å². The van der Waals surface area contributed by atoms with Crippen molar-refractivity contribution >= 4 is 36.4 Å². The second kappa shape index (κ2) is 9.60. The third-order valence-electron chi connectivity index (χ3n) is 3.54. The Labute approximate surface area is 145 Å². The van der Waals surface area contributed by atoms with Gasteiger partial charge in [0.25, 0.3) is 0 Å². The second-order valence-electron chi connectivity index (χ2n) is 5.83. The van der Waals surface area contributed by atoms with Gasteiger partial charge in [0, 0.05) is 18.6 Å². The Kier molecular flexibility index (Phi) is 8.94. The molecule has 1 heterocycles. The number of likely N-dealkylation sites (tertiary alicyclic amines) is 1. The molecule has 0 radical (unpaired) electrons. The summed E-state index contributed by atoms with van der Waals surface area (Å²) in [5.41, 5.74) is 8.69. The van der Waals surface area contributed by atoms with Crippen LogP contribution in [0.15, 0.2) is 0 Å². The Morgan fingerprint density at radius 3 is 1.83 bits per heavy atom. The number of rotatable bonds is 5. The van der Waals surface area contributed by atoms with Crippen molar-refractivity contribution in [2.75, 3.05) is 5.75 Å². The number of nitrogens with two attached hydrogens (primary N) is 2. The molecule has 9 nitrogen and oxygen atoms in total. The first-order valence-electron chi connectivity index (χ1n) is 7.46. The van der Waals surface area contributed by atoms with E-state index in [1.54, 1.807) is 13.8 Å². The first kappa shape index (κ1) is 22.4. The fourth-order valence-corrected chi connectivity index (χ4v) is 2.16. The predicted octanol–water partition coefficient (Wildman–Crippen LogP) is -0.361. The maximum atomic E-state index is 11.7. The molecule has 10 heteroatoms. The largest absolute Gasteiger partial charge is 0.480 e. The summed E-state index contributed by atoms with van der Waals surface area (Å²) in [4.78, 5) is 45.0. The number of carbonyl (C=O) groups is 4. The number of carboxylic acid groups (broad SMARTS) is 2. The predicted molar refractivity (Wildman–Crippen MR) is 89.2 cm³/mol. The lowest BCUT2D eigenvalue weighted by Crippen LogP contribution is -2.66. The highest BCUT2D eigenvalue weighted by atomic mass is 32.1. The summed E-state index contributed by atoms with van der Waals surface area (Å²) in [6, 6.07) is -0.713. The van der Waals surface area contributed by atoms with Crippen LogP contribution in [0, 0.1) is 5.92 Å². The second-order valence-corrected chi connectivity index (χ2v) is 6.14. The number of nitrogens with zero attached hydrogens (tertiary/aromatic N) is 1. The molecule has 6 N–H and O–H groups in total. The molecule has 1 rings (SSSR count). The van der Waals surface area contributed by atoms with E-state index in [0.29, 0.717) is 17.7 Å². The van der Waals surface area contributed by atoms with E-state index in [0.717, 1.165) is 0 Å². The van der Waals surface area contributed by atoms with Gasteiger partial charge in [-0.1, -0.05) is 13.8 Å². The average Bonchev–Trinajstić information content (AvgIpc) is 2.67. The number of carboxylic acids is 2. The van der Waals surface area contributed by atoms with Crippen LogP contribution in [0.5, 0.6) is 0 Å². The number of hydrogen-bond donors (Lipinski definition) is 5. The number of aliphatic carboxylic acids is 2. The Bertz CT molecular complexity index is 481. The monoisotopic (exact) mass is 363 g/mol. The van der Waals surface area contributed by atoms with Gasteiger partial charge in [-0.3, -0.25) is 25.0 Å². The Morgan fingerprint density at radius 2 is 1.62 bits per heavy atom. The van der Waals surface area contributed by atoms with E-state index in [-0.39, 0.29) is 24.5 Å². The maximum Gasteiger partial charge on any atom is 0.346 e. The Balaban J connectivity index is 0.000000561.